The third-order valence-electron chi connectivity index (χ3n) is 2.08. The molecule has 0 fully saturated rings. The van der Waals surface area contributed by atoms with Gasteiger partial charge >= 0.3 is 5.97 Å². The first kappa shape index (κ1) is 14.0. The average Bonchev–Trinajstić information content (AvgIpc) is 2.26. The van der Waals surface area contributed by atoms with Crippen molar-refractivity contribution in [2.45, 2.75) is 0 Å². The Kier molecular flexibility index (Phi) is 4.92. The van der Waals surface area contributed by atoms with Crippen LogP contribution in [-0.2, 0) is 15.8 Å². The SMILES string of the molecule is COC(=O)c1cc(Cl)ccc1N(C)CS(=O)O. The number of halogens is 1. The molecule has 0 bridgehead atoms. The van der Waals surface area contributed by atoms with Crippen molar-refractivity contribution in [3.8, 4) is 0 Å². The summed E-state index contributed by atoms with van der Waals surface area (Å²) in [5, 5.41) is 0.396. The molecule has 0 amide bonds. The summed E-state index contributed by atoms with van der Waals surface area (Å²) < 4.78 is 24.2. The van der Waals surface area contributed by atoms with Crippen molar-refractivity contribution in [3.05, 3.63) is 28.8 Å². The number of ether oxygens (including phenoxy) is 1. The zero-order valence-electron chi connectivity index (χ0n) is 9.34. The molecule has 0 radical (unpaired) electrons. The van der Waals surface area contributed by atoms with Crippen molar-refractivity contribution in [2.75, 3.05) is 24.9 Å². The molecule has 1 N–H and O–H groups in total. The summed E-state index contributed by atoms with van der Waals surface area (Å²) in [6, 6.07) is 4.65. The lowest BCUT2D eigenvalue weighted by atomic mass is 10.1. The molecule has 1 aromatic rings. The van der Waals surface area contributed by atoms with Crippen LogP contribution in [-0.4, -0.2) is 34.8 Å². The number of hydrogen-bond donors (Lipinski definition) is 1. The maximum Gasteiger partial charge on any atom is 0.340 e. The van der Waals surface area contributed by atoms with Crippen molar-refractivity contribution < 1.29 is 18.3 Å². The van der Waals surface area contributed by atoms with E-state index in [0.29, 0.717) is 10.7 Å². The number of methoxy groups -OCH3 is 1. The van der Waals surface area contributed by atoms with Gasteiger partial charge in [-0.05, 0) is 18.2 Å². The van der Waals surface area contributed by atoms with Crippen LogP contribution in [0.4, 0.5) is 5.69 Å². The molecule has 0 aliphatic heterocycles. The van der Waals surface area contributed by atoms with E-state index in [-0.39, 0.29) is 11.4 Å². The summed E-state index contributed by atoms with van der Waals surface area (Å²) in [5.74, 6) is -0.649. The predicted octanol–water partition coefficient (Wildman–Crippen LogP) is 1.74. The Hall–Kier alpha value is -1.11. The summed E-state index contributed by atoms with van der Waals surface area (Å²) >= 11 is 3.81. The van der Waals surface area contributed by atoms with E-state index in [4.69, 9.17) is 16.2 Å². The fourth-order valence-electron chi connectivity index (χ4n) is 1.35. The molecule has 7 heteroatoms. The molecule has 0 spiro atoms. The van der Waals surface area contributed by atoms with E-state index in [2.05, 4.69) is 4.74 Å². The number of carbonyl (C=O) groups excluding carboxylic acids is 1. The number of hydrogen-bond acceptors (Lipinski definition) is 4. The topological polar surface area (TPSA) is 66.8 Å². The lowest BCUT2D eigenvalue weighted by Gasteiger charge is -2.19. The summed E-state index contributed by atoms with van der Waals surface area (Å²) in [5.41, 5.74) is 0.747. The maximum atomic E-state index is 11.5. The lowest BCUT2D eigenvalue weighted by Crippen LogP contribution is -2.24. The van der Waals surface area contributed by atoms with Crippen LogP contribution >= 0.6 is 11.6 Å². The second kappa shape index (κ2) is 6.00. The predicted molar refractivity (Wildman–Crippen MR) is 66.8 cm³/mol. The Morgan fingerprint density at radius 2 is 2.24 bits per heavy atom. The Labute approximate surface area is 107 Å². The molecule has 94 valence electrons. The monoisotopic (exact) mass is 277 g/mol. The van der Waals surface area contributed by atoms with E-state index in [9.17, 15) is 9.00 Å². The fraction of sp³-hybridized carbons (Fsp3) is 0.300. The third kappa shape index (κ3) is 3.69. The molecular formula is C10H12ClNO4S. The van der Waals surface area contributed by atoms with Gasteiger partial charge in [0, 0.05) is 12.1 Å². The molecule has 0 aliphatic carbocycles. The van der Waals surface area contributed by atoms with E-state index in [1.165, 1.54) is 18.1 Å². The van der Waals surface area contributed by atoms with Gasteiger partial charge in [-0.3, -0.25) is 0 Å². The first-order valence-electron chi connectivity index (χ1n) is 4.62. The molecule has 0 aliphatic rings. The largest absolute Gasteiger partial charge is 0.465 e. The summed E-state index contributed by atoms with van der Waals surface area (Å²) in [4.78, 5) is 13.0. The molecule has 0 heterocycles. The number of rotatable bonds is 4. The first-order valence-corrected chi connectivity index (χ1v) is 6.27. The van der Waals surface area contributed by atoms with Gasteiger partial charge in [0.1, 0.15) is 5.88 Å². The molecule has 0 saturated heterocycles. The van der Waals surface area contributed by atoms with Gasteiger partial charge in [-0.15, -0.1) is 0 Å². The maximum absolute atomic E-state index is 11.5. The highest BCUT2D eigenvalue weighted by atomic mass is 35.5. The first-order chi connectivity index (χ1) is 7.95. The summed E-state index contributed by atoms with van der Waals surface area (Å²) in [7, 11) is 2.86. The van der Waals surface area contributed by atoms with Gasteiger partial charge in [-0.25, -0.2) is 9.00 Å². The highest BCUT2D eigenvalue weighted by molar-refractivity contribution is 7.79. The van der Waals surface area contributed by atoms with Crippen molar-refractivity contribution in [1.29, 1.82) is 0 Å². The van der Waals surface area contributed by atoms with Crippen molar-refractivity contribution in [3.63, 3.8) is 0 Å². The van der Waals surface area contributed by atoms with Crippen molar-refractivity contribution in [1.82, 2.24) is 0 Å². The van der Waals surface area contributed by atoms with Crippen molar-refractivity contribution in [2.24, 2.45) is 0 Å². The van der Waals surface area contributed by atoms with Crippen LogP contribution in [0.25, 0.3) is 0 Å². The molecule has 5 nitrogen and oxygen atoms in total. The molecule has 1 rings (SSSR count). The van der Waals surface area contributed by atoms with Crippen LogP contribution < -0.4 is 4.90 Å². The van der Waals surface area contributed by atoms with Gasteiger partial charge in [0.25, 0.3) is 0 Å². The Balaban J connectivity index is 3.13. The van der Waals surface area contributed by atoms with Crippen molar-refractivity contribution >= 4 is 34.3 Å². The highest BCUT2D eigenvalue weighted by Gasteiger charge is 2.16. The minimum absolute atomic E-state index is 0.106. The van der Waals surface area contributed by atoms with Crippen LogP contribution in [0.2, 0.25) is 5.02 Å². The molecule has 1 unspecified atom stereocenters. The number of nitrogens with zero attached hydrogens (tertiary/aromatic N) is 1. The fourth-order valence-corrected chi connectivity index (χ4v) is 1.99. The van der Waals surface area contributed by atoms with E-state index < -0.39 is 17.0 Å². The van der Waals surface area contributed by atoms with Gasteiger partial charge < -0.3 is 14.2 Å². The number of anilines is 1. The highest BCUT2D eigenvalue weighted by Crippen LogP contribution is 2.24. The molecule has 1 aromatic carbocycles. The quantitative estimate of drug-likeness (QED) is 0.671. The van der Waals surface area contributed by atoms with Gasteiger partial charge in [-0.2, -0.15) is 0 Å². The zero-order chi connectivity index (χ0) is 13.0. The number of benzene rings is 1. The molecule has 1 atom stereocenters. The molecule has 0 saturated carbocycles. The molecular weight excluding hydrogens is 266 g/mol. The summed E-state index contributed by atoms with van der Waals surface area (Å²) in [6.45, 7) is 0. The van der Waals surface area contributed by atoms with E-state index in [1.807, 2.05) is 0 Å². The minimum Gasteiger partial charge on any atom is -0.465 e. The number of esters is 1. The summed E-state index contributed by atoms with van der Waals surface area (Å²) in [6.07, 6.45) is 0. The normalized spacial score (nSPS) is 12.0. The second-order valence-electron chi connectivity index (χ2n) is 3.30. The standard InChI is InChI=1S/C10H12ClNO4S/c1-12(6-17(14)15)9-4-3-7(11)5-8(9)10(13)16-2/h3-5H,6H2,1-2H3,(H,14,15). The van der Waals surface area contributed by atoms with E-state index >= 15 is 0 Å². The Morgan fingerprint density at radius 3 is 2.76 bits per heavy atom. The Morgan fingerprint density at radius 1 is 1.59 bits per heavy atom. The Bertz CT molecular complexity index is 452. The van der Waals surface area contributed by atoms with Crippen LogP contribution in [0.5, 0.6) is 0 Å². The van der Waals surface area contributed by atoms with Crippen LogP contribution in [0.15, 0.2) is 18.2 Å². The minimum atomic E-state index is -1.98. The third-order valence-corrected chi connectivity index (χ3v) is 2.92. The van der Waals surface area contributed by atoms with Gasteiger partial charge in [0.15, 0.2) is 11.1 Å². The van der Waals surface area contributed by atoms with Crippen LogP contribution in [0.1, 0.15) is 10.4 Å². The van der Waals surface area contributed by atoms with E-state index in [0.717, 1.165) is 0 Å². The van der Waals surface area contributed by atoms with Gasteiger partial charge in [0.2, 0.25) is 0 Å². The van der Waals surface area contributed by atoms with Gasteiger partial charge in [-0.1, -0.05) is 11.6 Å². The molecule has 17 heavy (non-hydrogen) atoms. The number of carbonyl (C=O) groups is 1. The zero-order valence-corrected chi connectivity index (χ0v) is 10.9. The van der Waals surface area contributed by atoms with Gasteiger partial charge in [0.05, 0.1) is 18.4 Å². The lowest BCUT2D eigenvalue weighted by molar-refractivity contribution is 0.0601. The van der Waals surface area contributed by atoms with Crippen LogP contribution in [0.3, 0.4) is 0 Å². The smallest absolute Gasteiger partial charge is 0.340 e. The van der Waals surface area contributed by atoms with Crippen LogP contribution in [0, 0.1) is 0 Å². The average molecular weight is 278 g/mol. The molecule has 0 aromatic heterocycles. The second-order valence-corrected chi connectivity index (χ2v) is 4.64. The van der Waals surface area contributed by atoms with E-state index in [1.54, 1.807) is 19.2 Å².